The average Bonchev–Trinajstić information content (AvgIpc) is 2.37. The number of Topliss-reactive ketones (excluding diaryl/α,β-unsaturated/α-hetero) is 1. The molecule has 17 heavy (non-hydrogen) atoms. The number of ketones is 1. The van der Waals surface area contributed by atoms with Gasteiger partial charge in [-0.25, -0.2) is 0 Å². The minimum absolute atomic E-state index is 0.0188. The van der Waals surface area contributed by atoms with Crippen molar-refractivity contribution < 1.29 is 9.53 Å². The maximum atomic E-state index is 11.7. The zero-order valence-corrected chi connectivity index (χ0v) is 10.3. The monoisotopic (exact) mass is 234 g/mol. The molecule has 0 aliphatic carbocycles. The molecular formula is C13H18N2O2. The van der Waals surface area contributed by atoms with Crippen LogP contribution in [0.1, 0.15) is 22.3 Å². The van der Waals surface area contributed by atoms with E-state index in [1.165, 1.54) is 0 Å². The summed E-state index contributed by atoms with van der Waals surface area (Å²) in [5.41, 5.74) is 8.30. The third kappa shape index (κ3) is 2.00. The molecule has 0 bridgehead atoms. The molecule has 0 saturated carbocycles. The van der Waals surface area contributed by atoms with Gasteiger partial charge in [-0.15, -0.1) is 0 Å². The van der Waals surface area contributed by atoms with Gasteiger partial charge in [-0.05, 0) is 25.0 Å². The molecule has 0 fully saturated rings. The summed E-state index contributed by atoms with van der Waals surface area (Å²) in [5.74, 6) is 0.627. The number of nitrogens with zero attached hydrogens (tertiary/aromatic N) is 1. The summed E-state index contributed by atoms with van der Waals surface area (Å²) in [6.07, 6.45) is 2.04. The smallest absolute Gasteiger partial charge is 0.180 e. The molecule has 92 valence electrons. The van der Waals surface area contributed by atoms with Gasteiger partial charge in [0, 0.05) is 24.8 Å². The van der Waals surface area contributed by atoms with Gasteiger partial charge in [0.15, 0.2) is 5.78 Å². The summed E-state index contributed by atoms with van der Waals surface area (Å²) in [7, 11) is 3.67. The van der Waals surface area contributed by atoms with Gasteiger partial charge in [0.05, 0.1) is 19.2 Å². The van der Waals surface area contributed by atoms with Crippen LogP contribution in [0.15, 0.2) is 12.1 Å². The average molecular weight is 234 g/mol. The molecule has 1 aliphatic heterocycles. The lowest BCUT2D eigenvalue weighted by Gasteiger charge is -2.29. The SMILES string of the molecule is COc1c(C(=O)CN)ccc2c1CCCN2C. The molecule has 2 N–H and O–H groups in total. The molecule has 0 spiro atoms. The third-order valence-electron chi connectivity index (χ3n) is 3.26. The normalized spacial score (nSPS) is 14.4. The van der Waals surface area contributed by atoms with Crippen LogP contribution in [0.5, 0.6) is 5.75 Å². The van der Waals surface area contributed by atoms with Crippen molar-refractivity contribution in [3.8, 4) is 5.75 Å². The molecule has 0 atom stereocenters. The highest BCUT2D eigenvalue weighted by Gasteiger charge is 2.22. The van der Waals surface area contributed by atoms with Gasteiger partial charge in [-0.1, -0.05) is 0 Å². The number of rotatable bonds is 3. The van der Waals surface area contributed by atoms with Crippen LogP contribution in [-0.4, -0.2) is 33.0 Å². The first-order chi connectivity index (χ1) is 8.19. The van der Waals surface area contributed by atoms with Crippen molar-refractivity contribution in [2.45, 2.75) is 12.8 Å². The Morgan fingerprint density at radius 3 is 2.94 bits per heavy atom. The van der Waals surface area contributed by atoms with Gasteiger partial charge in [0.2, 0.25) is 0 Å². The summed E-state index contributed by atoms with van der Waals surface area (Å²) < 4.78 is 5.41. The van der Waals surface area contributed by atoms with Gasteiger partial charge in [-0.3, -0.25) is 4.79 Å². The summed E-state index contributed by atoms with van der Waals surface area (Å²) >= 11 is 0. The maximum absolute atomic E-state index is 11.7. The molecule has 1 aromatic carbocycles. The Hall–Kier alpha value is -1.55. The zero-order valence-electron chi connectivity index (χ0n) is 10.3. The minimum Gasteiger partial charge on any atom is -0.496 e. The second kappa shape index (κ2) is 4.75. The van der Waals surface area contributed by atoms with Crippen LogP contribution < -0.4 is 15.4 Å². The van der Waals surface area contributed by atoms with Crippen molar-refractivity contribution in [1.29, 1.82) is 0 Å². The molecule has 0 unspecified atom stereocenters. The number of carbonyl (C=O) groups is 1. The second-order valence-electron chi connectivity index (χ2n) is 4.30. The summed E-state index contributed by atoms with van der Waals surface area (Å²) in [6.45, 7) is 1.06. The first-order valence-corrected chi connectivity index (χ1v) is 5.83. The predicted octanol–water partition coefficient (Wildman–Crippen LogP) is 1.22. The second-order valence-corrected chi connectivity index (χ2v) is 4.30. The first-order valence-electron chi connectivity index (χ1n) is 5.83. The summed E-state index contributed by atoms with van der Waals surface area (Å²) in [5, 5.41) is 0. The van der Waals surface area contributed by atoms with Crippen molar-refractivity contribution in [3.05, 3.63) is 23.3 Å². The topological polar surface area (TPSA) is 55.6 Å². The van der Waals surface area contributed by atoms with E-state index < -0.39 is 0 Å². The van der Waals surface area contributed by atoms with E-state index in [2.05, 4.69) is 11.9 Å². The van der Waals surface area contributed by atoms with E-state index in [1.54, 1.807) is 7.11 Å². The summed E-state index contributed by atoms with van der Waals surface area (Å²) in [4.78, 5) is 13.9. The molecule has 1 aromatic rings. The Kier molecular flexibility index (Phi) is 3.33. The highest BCUT2D eigenvalue weighted by Crippen LogP contribution is 2.36. The van der Waals surface area contributed by atoms with Gasteiger partial charge < -0.3 is 15.4 Å². The quantitative estimate of drug-likeness (QED) is 0.799. The van der Waals surface area contributed by atoms with Crippen LogP contribution in [0.3, 0.4) is 0 Å². The highest BCUT2D eigenvalue weighted by atomic mass is 16.5. The van der Waals surface area contributed by atoms with Crippen LogP contribution in [0.25, 0.3) is 0 Å². The lowest BCUT2D eigenvalue weighted by Crippen LogP contribution is -2.26. The molecule has 1 aliphatic rings. The standard InChI is InChI=1S/C13H18N2O2/c1-15-7-3-4-9-11(15)6-5-10(12(16)8-14)13(9)17-2/h5-6H,3-4,7-8,14H2,1-2H3. The van der Waals surface area contributed by atoms with E-state index in [0.717, 1.165) is 30.6 Å². The van der Waals surface area contributed by atoms with Gasteiger partial charge >= 0.3 is 0 Å². The largest absolute Gasteiger partial charge is 0.496 e. The fourth-order valence-electron chi connectivity index (χ4n) is 2.39. The van der Waals surface area contributed by atoms with E-state index in [1.807, 2.05) is 12.1 Å². The molecule has 0 radical (unpaired) electrons. The highest BCUT2D eigenvalue weighted by molar-refractivity contribution is 6.01. The van der Waals surface area contributed by atoms with E-state index >= 15 is 0 Å². The fourth-order valence-corrected chi connectivity index (χ4v) is 2.39. The van der Waals surface area contributed by atoms with Crippen molar-refractivity contribution in [2.24, 2.45) is 5.73 Å². The maximum Gasteiger partial charge on any atom is 0.180 e. The van der Waals surface area contributed by atoms with Crippen LogP contribution >= 0.6 is 0 Å². The number of hydrogen-bond acceptors (Lipinski definition) is 4. The lowest BCUT2D eigenvalue weighted by molar-refractivity contribution is 0.0998. The molecule has 0 aromatic heterocycles. The Morgan fingerprint density at radius 1 is 1.53 bits per heavy atom. The number of carbonyl (C=O) groups excluding carboxylic acids is 1. The van der Waals surface area contributed by atoms with Gasteiger partial charge in [0.1, 0.15) is 5.75 Å². The summed E-state index contributed by atoms with van der Waals surface area (Å²) in [6, 6.07) is 3.80. The van der Waals surface area contributed by atoms with E-state index in [4.69, 9.17) is 10.5 Å². The van der Waals surface area contributed by atoms with Crippen molar-refractivity contribution >= 4 is 11.5 Å². The first kappa shape index (κ1) is 11.9. The number of ether oxygens (including phenoxy) is 1. The number of fused-ring (bicyclic) bond motifs is 1. The Bertz CT molecular complexity index is 443. The van der Waals surface area contributed by atoms with E-state index in [0.29, 0.717) is 11.3 Å². The van der Waals surface area contributed by atoms with E-state index in [9.17, 15) is 4.79 Å². The van der Waals surface area contributed by atoms with Crippen molar-refractivity contribution in [3.63, 3.8) is 0 Å². The molecular weight excluding hydrogens is 216 g/mol. The molecule has 4 heteroatoms. The Labute approximate surface area is 101 Å². The Morgan fingerprint density at radius 2 is 2.29 bits per heavy atom. The van der Waals surface area contributed by atoms with Crippen LogP contribution in [0, 0.1) is 0 Å². The van der Waals surface area contributed by atoms with Crippen LogP contribution in [0.4, 0.5) is 5.69 Å². The van der Waals surface area contributed by atoms with Crippen molar-refractivity contribution in [1.82, 2.24) is 0 Å². The number of anilines is 1. The van der Waals surface area contributed by atoms with Crippen molar-refractivity contribution in [2.75, 3.05) is 32.1 Å². The molecule has 2 rings (SSSR count). The molecule has 0 amide bonds. The fraction of sp³-hybridized carbons (Fsp3) is 0.462. The number of nitrogens with two attached hydrogens (primary N) is 1. The Balaban J connectivity index is 2.55. The molecule has 0 saturated heterocycles. The number of hydrogen-bond donors (Lipinski definition) is 1. The molecule has 4 nitrogen and oxygen atoms in total. The minimum atomic E-state index is -0.0714. The number of methoxy groups -OCH3 is 1. The van der Waals surface area contributed by atoms with Gasteiger partial charge in [0.25, 0.3) is 0 Å². The van der Waals surface area contributed by atoms with Gasteiger partial charge in [-0.2, -0.15) is 0 Å². The van der Waals surface area contributed by atoms with Crippen LogP contribution in [-0.2, 0) is 6.42 Å². The van der Waals surface area contributed by atoms with E-state index in [-0.39, 0.29) is 12.3 Å². The molecule has 1 heterocycles. The van der Waals surface area contributed by atoms with Crippen LogP contribution in [0.2, 0.25) is 0 Å². The predicted molar refractivity (Wildman–Crippen MR) is 68.0 cm³/mol. The lowest BCUT2D eigenvalue weighted by atomic mass is 9.96. The third-order valence-corrected chi connectivity index (χ3v) is 3.26. The number of benzene rings is 1. The zero-order chi connectivity index (χ0) is 12.4.